The third kappa shape index (κ3) is 14.5. The topological polar surface area (TPSA) is 136 Å². The predicted molar refractivity (Wildman–Crippen MR) is 248 cm³/mol. The van der Waals surface area contributed by atoms with Crippen LogP contribution in [0.4, 0.5) is 0 Å². The first-order valence-corrected chi connectivity index (χ1v) is 23.5. The van der Waals surface area contributed by atoms with Gasteiger partial charge in [0.05, 0.1) is 51.8 Å². The first-order chi connectivity index (χ1) is 32.9. The summed E-state index contributed by atoms with van der Waals surface area (Å²) in [6.45, 7) is 12.1. The van der Waals surface area contributed by atoms with Gasteiger partial charge in [-0.3, -0.25) is 9.59 Å². The molecule has 0 amide bonds. The fourth-order valence-electron chi connectivity index (χ4n) is 8.91. The van der Waals surface area contributed by atoms with Gasteiger partial charge in [-0.15, -0.1) is 0 Å². The molecule has 4 aromatic rings. The summed E-state index contributed by atoms with van der Waals surface area (Å²) >= 11 is 0. The second kappa shape index (κ2) is 25.2. The quantitative estimate of drug-likeness (QED) is 0.0739. The summed E-state index contributed by atoms with van der Waals surface area (Å²) in [6.07, 6.45) is -8.26. The lowest BCUT2D eigenvalue weighted by atomic mass is 9.83. The Morgan fingerprint density at radius 2 is 0.970 bits per heavy atom. The van der Waals surface area contributed by atoms with E-state index in [2.05, 4.69) is 20.8 Å². The summed E-state index contributed by atoms with van der Waals surface area (Å²) in [7, 11) is 0. The molecule has 0 spiro atoms. The van der Waals surface area contributed by atoms with Crippen molar-refractivity contribution >= 4 is 11.9 Å². The maximum atomic E-state index is 12.2. The second-order valence-corrected chi connectivity index (χ2v) is 17.9. The molecule has 13 nitrogen and oxygen atoms in total. The van der Waals surface area contributed by atoms with E-state index in [4.69, 9.17) is 52.1 Å². The minimum absolute atomic E-state index is 0.132. The number of benzene rings is 4. The Hall–Kier alpha value is -4.54. The third-order valence-electron chi connectivity index (χ3n) is 12.8. The molecule has 3 heterocycles. The van der Waals surface area contributed by atoms with E-state index in [1.807, 2.05) is 121 Å². The Bertz CT molecular complexity index is 2100. The van der Waals surface area contributed by atoms with Gasteiger partial charge in [0.2, 0.25) is 0 Å². The summed E-state index contributed by atoms with van der Waals surface area (Å²) in [6, 6.07) is 39.8. The van der Waals surface area contributed by atoms with E-state index in [1.165, 1.54) is 13.8 Å². The summed E-state index contributed by atoms with van der Waals surface area (Å²) < 4.78 is 80.5. The molecule has 0 bridgehead atoms. The van der Waals surface area contributed by atoms with Crippen molar-refractivity contribution in [2.45, 2.75) is 136 Å². The zero-order valence-corrected chi connectivity index (χ0v) is 39.5. The van der Waals surface area contributed by atoms with Gasteiger partial charge < -0.3 is 52.1 Å². The molecule has 15 atom stereocenters. The smallest absolute Gasteiger partial charge is 0.303 e. The van der Waals surface area contributed by atoms with E-state index in [1.54, 1.807) is 6.92 Å². The molecule has 4 aromatic carbocycles. The van der Waals surface area contributed by atoms with Crippen molar-refractivity contribution in [2.75, 3.05) is 19.8 Å². The van der Waals surface area contributed by atoms with Crippen LogP contribution < -0.4 is 0 Å². The van der Waals surface area contributed by atoms with Gasteiger partial charge in [-0.1, -0.05) is 149 Å². The van der Waals surface area contributed by atoms with E-state index >= 15 is 0 Å². The summed E-state index contributed by atoms with van der Waals surface area (Å²) in [5, 5.41) is 0. The second-order valence-electron chi connectivity index (χ2n) is 17.9. The fraction of sp³-hybridized carbons (Fsp3) is 0.519. The first kappa shape index (κ1) is 48.9. The number of carbonyl (C=O) groups excluding carboxylic acids is 2. The monoisotopic (exact) mass is 926 g/mol. The molecule has 3 saturated heterocycles. The van der Waals surface area contributed by atoms with Crippen molar-refractivity contribution in [3.8, 4) is 0 Å². The van der Waals surface area contributed by atoms with Crippen molar-refractivity contribution in [2.24, 2.45) is 23.7 Å². The van der Waals surface area contributed by atoms with Crippen molar-refractivity contribution in [1.82, 2.24) is 0 Å². The SMILES string of the molecule is [3H]C1[C@H](O[C@H]2C(COCc3ccccc3)O[C@@H](O[C@@H]3C(COCc4ccccc4)O[C@@H](OCc4ccccc4)C(OCc4ccccc4)[C@H]3C)C(C)[C@H]2C)OC(COC(C)=O)[C@H](OC(C)=O)[C@@H]1C. The molecule has 13 heteroatoms. The average Bonchev–Trinajstić information content (AvgIpc) is 3.34. The molecular formula is C54H68O13. The highest BCUT2D eigenvalue weighted by atomic mass is 16.8. The molecule has 3 aliphatic heterocycles. The summed E-state index contributed by atoms with van der Waals surface area (Å²) in [4.78, 5) is 24.1. The number of carbonyl (C=O) groups is 2. The molecule has 6 unspecified atom stereocenters. The number of hydrogen-bond acceptors (Lipinski definition) is 13. The largest absolute Gasteiger partial charge is 0.463 e. The van der Waals surface area contributed by atoms with Gasteiger partial charge in [0.25, 0.3) is 0 Å². The van der Waals surface area contributed by atoms with E-state index in [0.29, 0.717) is 26.4 Å². The lowest BCUT2D eigenvalue weighted by Gasteiger charge is -2.50. The van der Waals surface area contributed by atoms with Crippen LogP contribution in [0.25, 0.3) is 0 Å². The van der Waals surface area contributed by atoms with E-state index in [0.717, 1.165) is 22.3 Å². The molecule has 362 valence electrons. The Labute approximate surface area is 397 Å². The van der Waals surface area contributed by atoms with Crippen molar-refractivity contribution in [3.05, 3.63) is 144 Å². The van der Waals surface area contributed by atoms with Crippen molar-refractivity contribution in [3.63, 3.8) is 0 Å². The maximum Gasteiger partial charge on any atom is 0.303 e. The Morgan fingerprint density at radius 3 is 1.48 bits per heavy atom. The maximum absolute atomic E-state index is 12.2. The zero-order chi connectivity index (χ0) is 48.0. The fourth-order valence-corrected chi connectivity index (χ4v) is 8.91. The zero-order valence-electron chi connectivity index (χ0n) is 40.5. The van der Waals surface area contributed by atoms with Gasteiger partial charge in [-0.25, -0.2) is 0 Å². The van der Waals surface area contributed by atoms with Crippen LogP contribution in [0.15, 0.2) is 121 Å². The highest BCUT2D eigenvalue weighted by Gasteiger charge is 2.51. The van der Waals surface area contributed by atoms with Crippen LogP contribution in [-0.2, 0) is 88.1 Å². The minimum Gasteiger partial charge on any atom is -0.463 e. The number of ether oxygens (including phenoxy) is 11. The molecule has 0 aromatic heterocycles. The number of esters is 2. The third-order valence-corrected chi connectivity index (χ3v) is 12.8. The minimum atomic E-state index is -1.08. The van der Waals surface area contributed by atoms with Gasteiger partial charge in [0.15, 0.2) is 18.9 Å². The lowest BCUT2D eigenvalue weighted by molar-refractivity contribution is -0.359. The van der Waals surface area contributed by atoms with Crippen LogP contribution in [0.1, 0.15) is 71.6 Å². The first-order valence-electron chi connectivity index (χ1n) is 24.1. The Morgan fingerprint density at radius 1 is 0.507 bits per heavy atom. The van der Waals surface area contributed by atoms with Crippen LogP contribution in [0.3, 0.4) is 0 Å². The number of rotatable bonds is 21. The van der Waals surface area contributed by atoms with Gasteiger partial charge in [-0.2, -0.15) is 0 Å². The van der Waals surface area contributed by atoms with Crippen LogP contribution in [0, 0.1) is 23.7 Å². The van der Waals surface area contributed by atoms with E-state index < -0.39 is 85.9 Å². The highest BCUT2D eigenvalue weighted by Crippen LogP contribution is 2.40. The standard InChI is InChI=1S/C54H68O13/c1-35-27-48(63-47(34-59-39(5)55)49(35)62-40(6)56)66-50-36(2)37(3)53(64-45(50)32-57-28-41-19-11-7-12-20-41)67-51-38(4)52(60-30-43-23-15-9-16-24-43)54(61-31-44-25-17-10-18-26-44)65-46(51)33-58-29-42-21-13-8-14-22-42/h7-26,35-38,45-54H,27-34H2,1-6H3/t35-,36-,37?,38+,45?,46?,47?,48+,49-,50-,51+,52?,53+,54-/m1/s1/i27T/t27?,35-,36-,37?,38+,45?,46?,47?,48+,49-,50-,51+,52?,53+,54-. The van der Waals surface area contributed by atoms with Gasteiger partial charge in [-0.05, 0) is 28.2 Å². The highest BCUT2D eigenvalue weighted by molar-refractivity contribution is 5.66. The predicted octanol–water partition coefficient (Wildman–Crippen LogP) is 8.60. The van der Waals surface area contributed by atoms with Crippen LogP contribution >= 0.6 is 0 Å². The van der Waals surface area contributed by atoms with E-state index in [9.17, 15) is 11.0 Å². The summed E-state index contributed by atoms with van der Waals surface area (Å²) in [5.41, 5.74) is 4.04. The van der Waals surface area contributed by atoms with Crippen molar-refractivity contribution in [1.29, 1.82) is 0 Å². The molecular weight excluding hydrogens is 857 g/mol. The molecule has 3 aliphatic rings. The molecule has 67 heavy (non-hydrogen) atoms. The van der Waals surface area contributed by atoms with E-state index in [-0.39, 0.29) is 37.6 Å². The number of hydrogen-bond donors (Lipinski definition) is 0. The normalized spacial score (nSPS) is 32.2. The van der Waals surface area contributed by atoms with Crippen LogP contribution in [0.2, 0.25) is 0 Å². The van der Waals surface area contributed by atoms with Gasteiger partial charge in [0.1, 0.15) is 37.1 Å². The van der Waals surface area contributed by atoms with Crippen LogP contribution in [-0.4, -0.2) is 93.4 Å². The molecule has 0 saturated carbocycles. The van der Waals surface area contributed by atoms with Crippen LogP contribution in [0.5, 0.6) is 0 Å². The van der Waals surface area contributed by atoms with Gasteiger partial charge >= 0.3 is 11.9 Å². The lowest BCUT2D eigenvalue weighted by Crippen LogP contribution is -2.60. The van der Waals surface area contributed by atoms with Crippen molar-refractivity contribution < 1.29 is 63.1 Å². The van der Waals surface area contributed by atoms with Gasteiger partial charge in [0, 0.05) is 39.4 Å². The molecule has 0 aliphatic carbocycles. The Balaban J connectivity index is 1.14. The summed E-state index contributed by atoms with van der Waals surface area (Å²) in [5.74, 6) is -2.30. The molecule has 3 fully saturated rings. The molecule has 7 rings (SSSR count). The molecule has 0 radical (unpaired) electrons. The molecule has 0 N–H and O–H groups in total. The average molecular weight is 927 g/mol. The Kier molecular flexibility index (Phi) is 18.4.